The summed E-state index contributed by atoms with van der Waals surface area (Å²) in [5, 5.41) is 9.33. The third-order valence-corrected chi connectivity index (χ3v) is 2.79. The Morgan fingerprint density at radius 2 is 1.89 bits per heavy atom. The van der Waals surface area contributed by atoms with E-state index in [1.165, 1.54) is 0 Å². The summed E-state index contributed by atoms with van der Waals surface area (Å²) in [5.41, 5.74) is 0.991. The van der Waals surface area contributed by atoms with Gasteiger partial charge in [0.25, 0.3) is 0 Å². The van der Waals surface area contributed by atoms with Crippen LogP contribution in [-0.2, 0) is 11.3 Å². The highest BCUT2D eigenvalue weighted by molar-refractivity contribution is 5.67. The molecule has 98 valence electrons. The summed E-state index contributed by atoms with van der Waals surface area (Å²) in [5.74, 6) is 0. The fourth-order valence-electron chi connectivity index (χ4n) is 1.84. The summed E-state index contributed by atoms with van der Waals surface area (Å²) in [7, 11) is 0. The molecule has 1 fully saturated rings. The van der Waals surface area contributed by atoms with Gasteiger partial charge in [-0.3, -0.25) is 0 Å². The average molecular weight is 249 g/mol. The molecule has 5 nitrogen and oxygen atoms in total. The van der Waals surface area contributed by atoms with E-state index in [1.807, 2.05) is 30.3 Å². The summed E-state index contributed by atoms with van der Waals surface area (Å²) in [4.78, 5) is 11.6. The Morgan fingerprint density at radius 3 is 2.56 bits per heavy atom. The van der Waals surface area contributed by atoms with Gasteiger partial charge in [-0.15, -0.1) is 0 Å². The van der Waals surface area contributed by atoms with Crippen LogP contribution in [0, 0.1) is 0 Å². The van der Waals surface area contributed by atoms with Crippen LogP contribution < -0.4 is 16.0 Å². The van der Waals surface area contributed by atoms with Gasteiger partial charge in [0.15, 0.2) is 0 Å². The van der Waals surface area contributed by atoms with Crippen LogP contribution in [0.15, 0.2) is 30.3 Å². The van der Waals surface area contributed by atoms with E-state index in [2.05, 4.69) is 16.0 Å². The second-order valence-corrected chi connectivity index (χ2v) is 4.31. The second-order valence-electron chi connectivity index (χ2n) is 4.31. The van der Waals surface area contributed by atoms with Gasteiger partial charge in [-0.05, 0) is 5.56 Å². The van der Waals surface area contributed by atoms with Crippen LogP contribution in [0.2, 0.25) is 0 Å². The number of ether oxygens (including phenoxy) is 1. The van der Waals surface area contributed by atoms with Crippen molar-refractivity contribution in [3.8, 4) is 0 Å². The van der Waals surface area contributed by atoms with Crippen LogP contribution in [0.1, 0.15) is 5.56 Å². The fourth-order valence-corrected chi connectivity index (χ4v) is 1.84. The van der Waals surface area contributed by atoms with Crippen LogP contribution >= 0.6 is 0 Å². The van der Waals surface area contributed by atoms with Crippen molar-refractivity contribution in [3.05, 3.63) is 35.9 Å². The molecule has 0 aromatic heterocycles. The van der Waals surface area contributed by atoms with Gasteiger partial charge >= 0.3 is 6.09 Å². The van der Waals surface area contributed by atoms with E-state index >= 15 is 0 Å². The monoisotopic (exact) mass is 249 g/mol. The number of alkyl carbamates (subject to hydrolysis) is 1. The van der Waals surface area contributed by atoms with E-state index in [0.29, 0.717) is 6.61 Å². The topological polar surface area (TPSA) is 62.4 Å². The second kappa shape index (κ2) is 6.98. The molecule has 2 rings (SSSR count). The predicted octanol–water partition coefficient (Wildman–Crippen LogP) is 0.474. The molecule has 0 aliphatic carbocycles. The molecule has 1 saturated heterocycles. The van der Waals surface area contributed by atoms with Crippen molar-refractivity contribution >= 4 is 6.09 Å². The number of carbonyl (C=O) groups is 1. The fraction of sp³-hybridized carbons (Fsp3) is 0.462. The van der Waals surface area contributed by atoms with Gasteiger partial charge in [0.1, 0.15) is 6.61 Å². The van der Waals surface area contributed by atoms with E-state index in [-0.39, 0.29) is 12.1 Å². The third-order valence-electron chi connectivity index (χ3n) is 2.79. The molecule has 1 aliphatic heterocycles. The number of rotatable bonds is 3. The number of carbonyl (C=O) groups excluding carboxylic acids is 1. The van der Waals surface area contributed by atoms with E-state index in [1.54, 1.807) is 0 Å². The lowest BCUT2D eigenvalue weighted by atomic mass is 10.2. The smallest absolute Gasteiger partial charge is 0.407 e. The van der Waals surface area contributed by atoms with Gasteiger partial charge in [0, 0.05) is 26.2 Å². The minimum Gasteiger partial charge on any atom is -0.445 e. The Bertz CT molecular complexity index is 362. The van der Waals surface area contributed by atoms with Gasteiger partial charge in [0.2, 0.25) is 0 Å². The molecular formula is C13H19N3O2. The molecule has 1 aromatic rings. The van der Waals surface area contributed by atoms with Crippen molar-refractivity contribution < 1.29 is 9.53 Å². The first kappa shape index (κ1) is 12.9. The van der Waals surface area contributed by atoms with Crippen molar-refractivity contribution in [1.29, 1.82) is 0 Å². The maximum atomic E-state index is 11.6. The summed E-state index contributed by atoms with van der Waals surface area (Å²) in [6, 6.07) is 9.73. The van der Waals surface area contributed by atoms with Crippen molar-refractivity contribution in [3.63, 3.8) is 0 Å². The normalized spacial score (nSPS) is 16.9. The molecule has 0 radical (unpaired) electrons. The van der Waals surface area contributed by atoms with Gasteiger partial charge in [-0.1, -0.05) is 30.3 Å². The molecule has 3 N–H and O–H groups in total. The highest BCUT2D eigenvalue weighted by atomic mass is 16.5. The minimum absolute atomic E-state index is 0.0794. The van der Waals surface area contributed by atoms with E-state index in [0.717, 1.165) is 31.7 Å². The molecule has 1 heterocycles. The summed E-state index contributed by atoms with van der Waals surface area (Å²) in [6.45, 7) is 3.70. The van der Waals surface area contributed by atoms with E-state index in [9.17, 15) is 4.79 Å². The van der Waals surface area contributed by atoms with Crippen LogP contribution in [0.25, 0.3) is 0 Å². The third kappa shape index (κ3) is 4.35. The minimum atomic E-state index is -0.366. The maximum Gasteiger partial charge on any atom is 0.407 e. The zero-order chi connectivity index (χ0) is 12.6. The first-order valence-corrected chi connectivity index (χ1v) is 6.23. The molecule has 0 unspecified atom stereocenters. The zero-order valence-electron chi connectivity index (χ0n) is 10.3. The molecule has 0 saturated carbocycles. The van der Waals surface area contributed by atoms with Crippen LogP contribution in [-0.4, -0.2) is 38.3 Å². The molecule has 1 aromatic carbocycles. The Labute approximate surface area is 107 Å². The lowest BCUT2D eigenvalue weighted by Gasteiger charge is -2.16. The van der Waals surface area contributed by atoms with Gasteiger partial charge in [-0.25, -0.2) is 4.79 Å². The molecule has 0 spiro atoms. The van der Waals surface area contributed by atoms with Crippen LogP contribution in [0.4, 0.5) is 4.79 Å². The average Bonchev–Trinajstić information content (AvgIpc) is 2.66. The van der Waals surface area contributed by atoms with Crippen molar-refractivity contribution in [2.75, 3.05) is 26.2 Å². The Morgan fingerprint density at radius 1 is 1.22 bits per heavy atom. The summed E-state index contributed by atoms with van der Waals surface area (Å²) >= 11 is 0. The van der Waals surface area contributed by atoms with Gasteiger partial charge < -0.3 is 20.7 Å². The van der Waals surface area contributed by atoms with Crippen molar-refractivity contribution in [1.82, 2.24) is 16.0 Å². The van der Waals surface area contributed by atoms with E-state index in [4.69, 9.17) is 4.74 Å². The number of amides is 1. The lowest BCUT2D eigenvalue weighted by molar-refractivity contribution is 0.135. The molecular weight excluding hydrogens is 230 g/mol. The summed E-state index contributed by atoms with van der Waals surface area (Å²) in [6.07, 6.45) is -0.366. The highest BCUT2D eigenvalue weighted by Crippen LogP contribution is 2.00. The standard InChI is InChI=1S/C13H19N3O2/c17-13(16-12-8-14-6-7-15-9-12)18-10-11-4-2-1-3-5-11/h1-5,12,14-15H,6-10H2,(H,16,17). The molecule has 0 bridgehead atoms. The lowest BCUT2D eigenvalue weighted by Crippen LogP contribution is -2.45. The molecule has 0 atom stereocenters. The number of nitrogens with one attached hydrogen (secondary N) is 3. The summed E-state index contributed by atoms with van der Waals surface area (Å²) < 4.78 is 5.17. The Hall–Kier alpha value is -1.59. The first-order chi connectivity index (χ1) is 8.84. The van der Waals surface area contributed by atoms with Crippen LogP contribution in [0.3, 0.4) is 0 Å². The molecule has 1 aliphatic rings. The van der Waals surface area contributed by atoms with Crippen molar-refractivity contribution in [2.45, 2.75) is 12.6 Å². The SMILES string of the molecule is O=C(NC1CNCCNC1)OCc1ccccc1. The number of hydrogen-bond donors (Lipinski definition) is 3. The van der Waals surface area contributed by atoms with Gasteiger partial charge in [0.05, 0.1) is 6.04 Å². The largest absolute Gasteiger partial charge is 0.445 e. The number of hydrogen-bond acceptors (Lipinski definition) is 4. The zero-order valence-corrected chi connectivity index (χ0v) is 10.3. The molecule has 1 amide bonds. The van der Waals surface area contributed by atoms with Gasteiger partial charge in [-0.2, -0.15) is 0 Å². The highest BCUT2D eigenvalue weighted by Gasteiger charge is 2.14. The number of benzene rings is 1. The Kier molecular flexibility index (Phi) is 4.99. The van der Waals surface area contributed by atoms with E-state index < -0.39 is 0 Å². The molecule has 18 heavy (non-hydrogen) atoms. The quantitative estimate of drug-likeness (QED) is 0.729. The van der Waals surface area contributed by atoms with Crippen LogP contribution in [0.5, 0.6) is 0 Å². The first-order valence-electron chi connectivity index (χ1n) is 6.23. The molecule has 5 heteroatoms. The predicted molar refractivity (Wildman–Crippen MR) is 69.3 cm³/mol. The van der Waals surface area contributed by atoms with Crippen molar-refractivity contribution in [2.24, 2.45) is 0 Å². The maximum absolute atomic E-state index is 11.6. The Balaban J connectivity index is 1.71.